The quantitative estimate of drug-likeness (QED) is 0.861. The zero-order valence-electron chi connectivity index (χ0n) is 11.6. The fraction of sp³-hybridized carbons (Fsp3) is 0.267. The molecule has 4 heteroatoms. The molecule has 0 atom stereocenters. The van der Waals surface area contributed by atoms with Crippen molar-refractivity contribution in [3.8, 4) is 0 Å². The summed E-state index contributed by atoms with van der Waals surface area (Å²) in [5.41, 5.74) is 4.23. The highest BCUT2D eigenvalue weighted by Crippen LogP contribution is 2.22. The second-order valence-electron chi connectivity index (χ2n) is 4.56. The molecule has 0 bridgehead atoms. The molecule has 2 N–H and O–H groups in total. The fourth-order valence-corrected chi connectivity index (χ4v) is 1.84. The first-order chi connectivity index (χ1) is 9.19. The van der Waals surface area contributed by atoms with Crippen LogP contribution in [0.1, 0.15) is 6.92 Å². The van der Waals surface area contributed by atoms with Gasteiger partial charge in [-0.05, 0) is 31.2 Å². The fourth-order valence-electron chi connectivity index (χ4n) is 1.84. The minimum absolute atomic E-state index is 0.890. The van der Waals surface area contributed by atoms with Crippen molar-refractivity contribution in [1.82, 2.24) is 4.98 Å². The SMILES string of the molecule is CCNc1cncc(Nc2cccc(N(C)C)c2)c1. The minimum atomic E-state index is 0.890. The Bertz CT molecular complexity index is 537. The first kappa shape index (κ1) is 13.2. The summed E-state index contributed by atoms with van der Waals surface area (Å²) in [5.74, 6) is 0. The highest BCUT2D eigenvalue weighted by atomic mass is 15.1. The molecule has 0 saturated carbocycles. The minimum Gasteiger partial charge on any atom is -0.384 e. The molecule has 1 aromatic heterocycles. The maximum atomic E-state index is 4.22. The second-order valence-corrected chi connectivity index (χ2v) is 4.56. The summed E-state index contributed by atoms with van der Waals surface area (Å²) in [4.78, 5) is 6.30. The number of hydrogen-bond donors (Lipinski definition) is 2. The maximum Gasteiger partial charge on any atom is 0.0591 e. The van der Waals surface area contributed by atoms with Crippen LogP contribution < -0.4 is 15.5 Å². The van der Waals surface area contributed by atoms with Crippen LogP contribution in [-0.4, -0.2) is 25.6 Å². The molecule has 0 fully saturated rings. The van der Waals surface area contributed by atoms with Crippen LogP contribution in [0.25, 0.3) is 0 Å². The van der Waals surface area contributed by atoms with E-state index < -0.39 is 0 Å². The third-order valence-corrected chi connectivity index (χ3v) is 2.77. The molecule has 1 aromatic carbocycles. The molecule has 0 spiro atoms. The molecule has 0 aliphatic carbocycles. The molecule has 0 saturated heterocycles. The highest BCUT2D eigenvalue weighted by Gasteiger charge is 2.00. The number of anilines is 4. The van der Waals surface area contributed by atoms with E-state index in [0.717, 1.165) is 23.6 Å². The molecule has 0 aliphatic heterocycles. The van der Waals surface area contributed by atoms with E-state index in [0.29, 0.717) is 0 Å². The highest BCUT2D eigenvalue weighted by molar-refractivity contribution is 5.66. The molecule has 0 aliphatic rings. The lowest BCUT2D eigenvalue weighted by Crippen LogP contribution is -2.08. The van der Waals surface area contributed by atoms with Crippen LogP contribution in [0.5, 0.6) is 0 Å². The van der Waals surface area contributed by atoms with Gasteiger partial charge in [-0.3, -0.25) is 4.98 Å². The number of nitrogens with zero attached hydrogens (tertiary/aromatic N) is 2. The van der Waals surface area contributed by atoms with Crippen molar-refractivity contribution in [3.05, 3.63) is 42.7 Å². The molecule has 19 heavy (non-hydrogen) atoms. The Labute approximate surface area is 114 Å². The monoisotopic (exact) mass is 256 g/mol. The first-order valence-corrected chi connectivity index (χ1v) is 6.42. The second kappa shape index (κ2) is 6.09. The van der Waals surface area contributed by atoms with Crippen LogP contribution in [0.15, 0.2) is 42.7 Å². The van der Waals surface area contributed by atoms with Crippen LogP contribution in [0.3, 0.4) is 0 Å². The Balaban J connectivity index is 2.16. The van der Waals surface area contributed by atoms with E-state index in [1.807, 2.05) is 38.6 Å². The number of benzene rings is 1. The summed E-state index contributed by atoms with van der Waals surface area (Å²) < 4.78 is 0. The predicted molar refractivity (Wildman–Crippen MR) is 82.5 cm³/mol. The van der Waals surface area contributed by atoms with Gasteiger partial charge in [0.15, 0.2) is 0 Å². The van der Waals surface area contributed by atoms with Crippen LogP contribution in [0.2, 0.25) is 0 Å². The topological polar surface area (TPSA) is 40.2 Å². The van der Waals surface area contributed by atoms with Crippen LogP contribution >= 0.6 is 0 Å². The molecule has 1 heterocycles. The van der Waals surface area contributed by atoms with Gasteiger partial charge in [0.05, 0.1) is 23.8 Å². The average molecular weight is 256 g/mol. The molecule has 0 unspecified atom stereocenters. The van der Waals surface area contributed by atoms with Gasteiger partial charge in [-0.1, -0.05) is 6.07 Å². The van der Waals surface area contributed by atoms with E-state index in [9.17, 15) is 0 Å². The van der Waals surface area contributed by atoms with Crippen molar-refractivity contribution < 1.29 is 0 Å². The van der Waals surface area contributed by atoms with Crippen molar-refractivity contribution >= 4 is 22.7 Å². The van der Waals surface area contributed by atoms with Gasteiger partial charge in [0.2, 0.25) is 0 Å². The summed E-state index contributed by atoms with van der Waals surface area (Å²) in [7, 11) is 4.07. The van der Waals surface area contributed by atoms with E-state index in [2.05, 4.69) is 45.6 Å². The molecule has 100 valence electrons. The normalized spacial score (nSPS) is 10.1. The molecular formula is C15H20N4. The van der Waals surface area contributed by atoms with Gasteiger partial charge in [-0.15, -0.1) is 0 Å². The largest absolute Gasteiger partial charge is 0.384 e. The van der Waals surface area contributed by atoms with Gasteiger partial charge in [0.1, 0.15) is 0 Å². The van der Waals surface area contributed by atoms with Crippen molar-refractivity contribution in [1.29, 1.82) is 0 Å². The van der Waals surface area contributed by atoms with Crippen molar-refractivity contribution in [2.45, 2.75) is 6.92 Å². The molecule has 4 nitrogen and oxygen atoms in total. The third-order valence-electron chi connectivity index (χ3n) is 2.77. The summed E-state index contributed by atoms with van der Waals surface area (Å²) in [6.45, 7) is 2.96. The lowest BCUT2D eigenvalue weighted by molar-refractivity contribution is 1.13. The summed E-state index contributed by atoms with van der Waals surface area (Å²) >= 11 is 0. The summed E-state index contributed by atoms with van der Waals surface area (Å²) in [5, 5.41) is 6.62. The third kappa shape index (κ3) is 3.61. The molecule has 0 radical (unpaired) electrons. The number of hydrogen-bond acceptors (Lipinski definition) is 4. The van der Waals surface area contributed by atoms with E-state index in [1.54, 1.807) is 0 Å². The lowest BCUT2D eigenvalue weighted by Gasteiger charge is -2.14. The van der Waals surface area contributed by atoms with Gasteiger partial charge >= 0.3 is 0 Å². The number of rotatable bonds is 5. The number of aromatic nitrogens is 1. The van der Waals surface area contributed by atoms with E-state index >= 15 is 0 Å². The van der Waals surface area contributed by atoms with E-state index in [1.165, 1.54) is 5.69 Å². The van der Waals surface area contributed by atoms with Crippen molar-refractivity contribution in [3.63, 3.8) is 0 Å². The Morgan fingerprint density at radius 1 is 1.05 bits per heavy atom. The zero-order chi connectivity index (χ0) is 13.7. The van der Waals surface area contributed by atoms with Crippen LogP contribution in [0.4, 0.5) is 22.7 Å². The van der Waals surface area contributed by atoms with Crippen molar-refractivity contribution in [2.24, 2.45) is 0 Å². The summed E-state index contributed by atoms with van der Waals surface area (Å²) in [6.07, 6.45) is 3.65. The Hall–Kier alpha value is -2.23. The van der Waals surface area contributed by atoms with Crippen molar-refractivity contribution in [2.75, 3.05) is 36.2 Å². The van der Waals surface area contributed by atoms with Gasteiger partial charge in [0, 0.05) is 32.0 Å². The van der Waals surface area contributed by atoms with E-state index in [-0.39, 0.29) is 0 Å². The van der Waals surface area contributed by atoms with Crippen LogP contribution in [-0.2, 0) is 0 Å². The predicted octanol–water partition coefficient (Wildman–Crippen LogP) is 3.32. The summed E-state index contributed by atoms with van der Waals surface area (Å²) in [6, 6.07) is 10.3. The average Bonchev–Trinajstić information content (AvgIpc) is 2.40. The molecule has 2 rings (SSSR count). The van der Waals surface area contributed by atoms with Gasteiger partial charge in [-0.25, -0.2) is 0 Å². The zero-order valence-corrected chi connectivity index (χ0v) is 11.6. The van der Waals surface area contributed by atoms with Crippen LogP contribution in [0, 0.1) is 0 Å². The smallest absolute Gasteiger partial charge is 0.0591 e. The van der Waals surface area contributed by atoms with Gasteiger partial charge < -0.3 is 15.5 Å². The molecular weight excluding hydrogens is 236 g/mol. The Morgan fingerprint density at radius 2 is 1.84 bits per heavy atom. The Kier molecular flexibility index (Phi) is 4.23. The lowest BCUT2D eigenvalue weighted by atomic mass is 10.2. The van der Waals surface area contributed by atoms with Gasteiger partial charge in [-0.2, -0.15) is 0 Å². The Morgan fingerprint density at radius 3 is 2.58 bits per heavy atom. The molecule has 2 aromatic rings. The number of pyridine rings is 1. The number of nitrogens with one attached hydrogen (secondary N) is 2. The molecule has 0 amide bonds. The van der Waals surface area contributed by atoms with Gasteiger partial charge in [0.25, 0.3) is 0 Å². The first-order valence-electron chi connectivity index (χ1n) is 6.42. The maximum absolute atomic E-state index is 4.22. The van der Waals surface area contributed by atoms with E-state index in [4.69, 9.17) is 0 Å². The standard InChI is InChI=1S/C15H20N4/c1-4-17-13-8-14(11-16-10-13)18-12-6-5-7-15(9-12)19(2)3/h5-11,17-18H,4H2,1-3H3.